The van der Waals surface area contributed by atoms with E-state index >= 15 is 0 Å². The van der Waals surface area contributed by atoms with E-state index in [9.17, 15) is 9.90 Å². The fraction of sp³-hybridized carbons (Fsp3) is 0.417. The van der Waals surface area contributed by atoms with Crippen LogP contribution in [0.25, 0.3) is 0 Å². The van der Waals surface area contributed by atoms with E-state index in [0.717, 1.165) is 36.7 Å². The zero-order valence-electron chi connectivity index (χ0n) is 18.1. The number of piperazine rings is 1. The number of nitrogens with zero attached hydrogens (tertiary/aromatic N) is 3. The lowest BCUT2D eigenvalue weighted by molar-refractivity contribution is -0.147. The molecule has 164 valence electrons. The summed E-state index contributed by atoms with van der Waals surface area (Å²) in [4.78, 5) is 21.5. The van der Waals surface area contributed by atoms with Crippen molar-refractivity contribution in [1.82, 2.24) is 9.80 Å². The van der Waals surface area contributed by atoms with E-state index in [1.165, 1.54) is 0 Å². The number of carboxylic acid groups (broad SMARTS) is 1. The Labute approximate surface area is 188 Å². The molecule has 0 spiro atoms. The molecule has 2 unspecified atom stereocenters. The van der Waals surface area contributed by atoms with Crippen LogP contribution >= 0.6 is 11.6 Å². The highest BCUT2D eigenvalue weighted by Gasteiger charge is 2.39. The van der Waals surface area contributed by atoms with Gasteiger partial charge < -0.3 is 14.7 Å². The van der Waals surface area contributed by atoms with Crippen molar-refractivity contribution < 1.29 is 14.6 Å². The second-order valence-electron chi connectivity index (χ2n) is 8.39. The number of benzene rings is 2. The summed E-state index contributed by atoms with van der Waals surface area (Å²) >= 11 is 6.23. The average Bonchev–Trinajstić information content (AvgIpc) is 2.91. The first-order valence-electron chi connectivity index (χ1n) is 10.7. The van der Waals surface area contributed by atoms with Crippen LogP contribution in [0.5, 0.6) is 11.5 Å². The molecule has 7 heteroatoms. The van der Waals surface area contributed by atoms with Crippen molar-refractivity contribution in [2.75, 3.05) is 26.7 Å². The Morgan fingerprint density at radius 3 is 2.77 bits per heavy atom. The van der Waals surface area contributed by atoms with Crippen LogP contribution in [0.3, 0.4) is 0 Å². The zero-order chi connectivity index (χ0) is 22.1. The van der Waals surface area contributed by atoms with E-state index in [0.29, 0.717) is 23.0 Å². The molecule has 2 aromatic carbocycles. The summed E-state index contributed by atoms with van der Waals surface area (Å²) in [6.07, 6.45) is 0.824. The van der Waals surface area contributed by atoms with Crippen LogP contribution in [0.15, 0.2) is 47.5 Å². The van der Waals surface area contributed by atoms with Crippen LogP contribution in [-0.4, -0.2) is 59.4 Å². The van der Waals surface area contributed by atoms with Crippen LogP contribution in [0.4, 0.5) is 5.69 Å². The maximum atomic E-state index is 12.2. The Morgan fingerprint density at radius 2 is 2.03 bits per heavy atom. The number of hydrogen-bond donors (Lipinski definition) is 1. The zero-order valence-corrected chi connectivity index (χ0v) is 18.8. The van der Waals surface area contributed by atoms with Gasteiger partial charge in [0.1, 0.15) is 17.3 Å². The summed E-state index contributed by atoms with van der Waals surface area (Å²) in [7, 11) is 2.02. The van der Waals surface area contributed by atoms with Gasteiger partial charge in [0.05, 0.1) is 11.5 Å². The molecule has 3 atom stereocenters. The lowest BCUT2D eigenvalue weighted by Gasteiger charge is -2.44. The highest BCUT2D eigenvalue weighted by Crippen LogP contribution is 2.40. The Kier molecular flexibility index (Phi) is 6.21. The summed E-state index contributed by atoms with van der Waals surface area (Å²) in [5, 5.41) is 10.6. The molecule has 4 rings (SSSR count). The molecule has 2 aromatic rings. The standard InChI is InChI=1S/C24H28ClN3O3/c1-4-15(2)22(24(29)30)19-14-28(12-11-27(19)3)23-17-7-5-6-8-20(17)31-21-10-9-16(25)13-18(21)26-23/h5-10,13,15,19,22H,4,11-12,14H2,1-3H3,(H,29,30)/t15?,19-,22?/m1/s1. The predicted octanol–water partition coefficient (Wildman–Crippen LogP) is 4.89. The highest BCUT2D eigenvalue weighted by molar-refractivity contribution is 6.31. The van der Waals surface area contributed by atoms with Gasteiger partial charge in [-0.1, -0.05) is 44.0 Å². The van der Waals surface area contributed by atoms with Crippen molar-refractivity contribution in [3.05, 3.63) is 53.1 Å². The molecule has 0 aromatic heterocycles. The third kappa shape index (κ3) is 4.27. The van der Waals surface area contributed by atoms with Gasteiger partial charge in [-0.05, 0) is 43.3 Å². The first-order chi connectivity index (χ1) is 14.9. The number of amidine groups is 1. The number of fused-ring (bicyclic) bond motifs is 2. The van der Waals surface area contributed by atoms with Crippen molar-refractivity contribution in [3.63, 3.8) is 0 Å². The largest absolute Gasteiger partial charge is 0.481 e. The molecular formula is C24H28ClN3O3. The van der Waals surface area contributed by atoms with E-state index in [1.54, 1.807) is 12.1 Å². The lowest BCUT2D eigenvalue weighted by Crippen LogP contribution is -2.58. The first kappa shape index (κ1) is 21.7. The molecule has 1 N–H and O–H groups in total. The van der Waals surface area contributed by atoms with Crippen molar-refractivity contribution in [1.29, 1.82) is 0 Å². The average molecular weight is 442 g/mol. The normalized spacial score (nSPS) is 20.6. The molecule has 2 aliphatic heterocycles. The molecule has 6 nitrogen and oxygen atoms in total. The molecule has 0 amide bonds. The molecule has 2 heterocycles. The molecule has 0 radical (unpaired) electrons. The molecule has 0 saturated carbocycles. The van der Waals surface area contributed by atoms with Gasteiger partial charge in [-0.2, -0.15) is 0 Å². The highest BCUT2D eigenvalue weighted by atomic mass is 35.5. The number of likely N-dealkylation sites (N-methyl/N-ethyl adjacent to an activating group) is 1. The molecule has 2 aliphatic rings. The molecule has 0 bridgehead atoms. The van der Waals surface area contributed by atoms with Crippen molar-refractivity contribution >= 4 is 29.1 Å². The number of ether oxygens (including phenoxy) is 1. The van der Waals surface area contributed by atoms with Crippen molar-refractivity contribution in [2.24, 2.45) is 16.8 Å². The van der Waals surface area contributed by atoms with E-state index in [1.807, 2.05) is 51.2 Å². The SMILES string of the molecule is CCC(C)C(C(=O)O)[C@H]1CN(C2=Nc3cc(Cl)ccc3Oc3ccccc32)CCN1C. The van der Waals surface area contributed by atoms with Gasteiger partial charge in [0.2, 0.25) is 0 Å². The van der Waals surface area contributed by atoms with Crippen molar-refractivity contribution in [3.8, 4) is 11.5 Å². The predicted molar refractivity (Wildman–Crippen MR) is 123 cm³/mol. The van der Waals surface area contributed by atoms with Gasteiger partial charge in [-0.3, -0.25) is 9.69 Å². The van der Waals surface area contributed by atoms with Crippen LogP contribution in [-0.2, 0) is 4.79 Å². The Morgan fingerprint density at radius 1 is 1.26 bits per heavy atom. The number of carbonyl (C=O) groups is 1. The van der Waals surface area contributed by atoms with Gasteiger partial charge in [0.15, 0.2) is 5.75 Å². The maximum absolute atomic E-state index is 12.2. The molecule has 31 heavy (non-hydrogen) atoms. The maximum Gasteiger partial charge on any atom is 0.308 e. The number of aliphatic imine (C=N–C) groups is 1. The van der Waals surface area contributed by atoms with Crippen LogP contribution in [0.1, 0.15) is 25.8 Å². The van der Waals surface area contributed by atoms with Crippen LogP contribution < -0.4 is 4.74 Å². The fourth-order valence-corrected chi connectivity index (χ4v) is 4.63. The van der Waals surface area contributed by atoms with Gasteiger partial charge in [0, 0.05) is 30.7 Å². The van der Waals surface area contributed by atoms with E-state index in [2.05, 4.69) is 9.80 Å². The summed E-state index contributed by atoms with van der Waals surface area (Å²) < 4.78 is 6.16. The molecule has 1 saturated heterocycles. The number of hydrogen-bond acceptors (Lipinski definition) is 5. The lowest BCUT2D eigenvalue weighted by atomic mass is 9.83. The number of halogens is 1. The summed E-state index contributed by atoms with van der Waals surface area (Å²) in [5.74, 6) is 1.07. The Balaban J connectivity index is 1.75. The first-order valence-corrected chi connectivity index (χ1v) is 11.1. The van der Waals surface area contributed by atoms with Gasteiger partial charge in [0.25, 0.3) is 0 Å². The fourth-order valence-electron chi connectivity index (χ4n) is 4.46. The monoisotopic (exact) mass is 441 g/mol. The minimum absolute atomic E-state index is 0.0797. The smallest absolute Gasteiger partial charge is 0.308 e. The summed E-state index contributed by atoms with van der Waals surface area (Å²) in [5.41, 5.74) is 1.57. The van der Waals surface area contributed by atoms with Gasteiger partial charge >= 0.3 is 5.97 Å². The molecule has 0 aliphatic carbocycles. The summed E-state index contributed by atoms with van der Waals surface area (Å²) in [6.45, 7) is 6.17. The Bertz CT molecular complexity index is 1010. The van der Waals surface area contributed by atoms with E-state index in [4.69, 9.17) is 21.3 Å². The summed E-state index contributed by atoms with van der Waals surface area (Å²) in [6, 6.07) is 13.1. The number of aliphatic carboxylic acids is 1. The van der Waals surface area contributed by atoms with E-state index < -0.39 is 11.9 Å². The van der Waals surface area contributed by atoms with Crippen molar-refractivity contribution in [2.45, 2.75) is 26.3 Å². The topological polar surface area (TPSA) is 65.4 Å². The number of rotatable bonds is 4. The third-order valence-electron chi connectivity index (χ3n) is 6.45. The molecule has 1 fully saturated rings. The Hall–Kier alpha value is -2.57. The number of carboxylic acids is 1. The van der Waals surface area contributed by atoms with Gasteiger partial charge in [-0.15, -0.1) is 0 Å². The minimum atomic E-state index is -0.739. The second kappa shape index (κ2) is 8.89. The third-order valence-corrected chi connectivity index (χ3v) is 6.68. The second-order valence-corrected chi connectivity index (χ2v) is 8.83. The van der Waals surface area contributed by atoms with Gasteiger partial charge in [-0.25, -0.2) is 4.99 Å². The number of para-hydroxylation sites is 1. The van der Waals surface area contributed by atoms with Crippen LogP contribution in [0.2, 0.25) is 5.02 Å². The quantitative estimate of drug-likeness (QED) is 0.731. The van der Waals surface area contributed by atoms with Crippen LogP contribution in [0, 0.1) is 11.8 Å². The minimum Gasteiger partial charge on any atom is -0.481 e. The molecular weight excluding hydrogens is 414 g/mol. The van der Waals surface area contributed by atoms with E-state index in [-0.39, 0.29) is 12.0 Å².